The Bertz CT molecular complexity index is 818. The molecule has 0 amide bonds. The van der Waals surface area contributed by atoms with Crippen LogP contribution in [0.1, 0.15) is 0 Å². The van der Waals surface area contributed by atoms with Gasteiger partial charge >= 0.3 is 66.6 Å². The average Bonchev–Trinajstić information content (AvgIpc) is 2.57. The van der Waals surface area contributed by atoms with E-state index in [1.807, 2.05) is 0 Å². The fraction of sp³-hybridized carbons (Fsp3) is 0.818. The van der Waals surface area contributed by atoms with Crippen LogP contribution in [0.2, 0.25) is 0 Å². The third-order valence-corrected chi connectivity index (χ3v) is 3.08. The van der Waals surface area contributed by atoms with Gasteiger partial charge in [-0.1, -0.05) is 0 Å². The van der Waals surface area contributed by atoms with Crippen LogP contribution in [-0.4, -0.2) is 54.5 Å². The molecule has 1 atom stereocenters. The van der Waals surface area contributed by atoms with Gasteiger partial charge in [0.2, 0.25) is 0 Å². The maximum Gasteiger partial charge on any atom is 0.471 e. The molecule has 0 aromatic heterocycles. The van der Waals surface area contributed by atoms with E-state index in [9.17, 15) is 96.6 Å². The van der Waals surface area contributed by atoms with E-state index in [4.69, 9.17) is 0 Å². The van der Waals surface area contributed by atoms with Crippen LogP contribution in [0.25, 0.3) is 0 Å². The summed E-state index contributed by atoms with van der Waals surface area (Å²) in [4.78, 5) is 0. The minimum Gasteiger partial charge on any atom is -0.398 e. The molecular formula is C11F22O3. The van der Waals surface area contributed by atoms with Crippen molar-refractivity contribution >= 4 is 0 Å². The Kier molecular flexibility index (Phi) is 8.52. The summed E-state index contributed by atoms with van der Waals surface area (Å²) in [7, 11) is 0. The first kappa shape index (κ1) is 33.9. The van der Waals surface area contributed by atoms with Gasteiger partial charge in [-0.2, -0.15) is 96.6 Å². The predicted octanol–water partition coefficient (Wildman–Crippen LogP) is 7.50. The second-order valence-corrected chi connectivity index (χ2v) is 5.65. The first-order valence-electron chi connectivity index (χ1n) is 7.13. The minimum atomic E-state index is -8.51. The molecular weight excluding hydrogens is 598 g/mol. The molecule has 0 bridgehead atoms. The highest BCUT2D eigenvalue weighted by Gasteiger charge is 2.86. The van der Waals surface area contributed by atoms with Crippen LogP contribution in [0, 0.1) is 0 Å². The Hall–Kier alpha value is -2.08. The molecule has 0 saturated heterocycles. The third kappa shape index (κ3) is 5.74. The number of hydrogen-bond acceptors (Lipinski definition) is 3. The highest BCUT2D eigenvalue weighted by atomic mass is 19.4. The summed E-state index contributed by atoms with van der Waals surface area (Å²) < 4.78 is 282. The highest BCUT2D eigenvalue weighted by Crippen LogP contribution is 2.57. The molecule has 0 rings (SSSR count). The van der Waals surface area contributed by atoms with Crippen molar-refractivity contribution in [3.05, 3.63) is 12.1 Å². The molecule has 3 nitrogen and oxygen atoms in total. The molecule has 216 valence electrons. The lowest BCUT2D eigenvalue weighted by molar-refractivity contribution is -0.556. The SMILES string of the molecule is FC(F)=C(F)OC(F)(F)C(F)(OC(F)(F)C(F)(F)C(F)(F)OC(F)(F)C(F)(F)C(F)(F)F)C(F)(F)F. The summed E-state index contributed by atoms with van der Waals surface area (Å²) in [6.45, 7) is 0. The second-order valence-electron chi connectivity index (χ2n) is 5.65. The maximum absolute atomic E-state index is 13.6. The fourth-order valence-electron chi connectivity index (χ4n) is 1.36. The van der Waals surface area contributed by atoms with Crippen LogP contribution in [0.15, 0.2) is 12.1 Å². The Morgan fingerprint density at radius 1 is 0.389 bits per heavy atom. The molecule has 0 aliphatic rings. The number of rotatable bonds is 10. The molecule has 0 radical (unpaired) electrons. The van der Waals surface area contributed by atoms with Gasteiger partial charge in [0.1, 0.15) is 0 Å². The molecule has 0 heterocycles. The highest BCUT2D eigenvalue weighted by molar-refractivity contribution is 4.97. The van der Waals surface area contributed by atoms with Crippen molar-refractivity contribution in [2.75, 3.05) is 0 Å². The van der Waals surface area contributed by atoms with Gasteiger partial charge in [-0.25, -0.2) is 4.74 Å². The number of hydrogen-bond donors (Lipinski definition) is 0. The van der Waals surface area contributed by atoms with Crippen molar-refractivity contribution < 1.29 is 111 Å². The van der Waals surface area contributed by atoms with Gasteiger partial charge in [0.15, 0.2) is 0 Å². The molecule has 36 heavy (non-hydrogen) atoms. The number of ether oxygens (including phenoxy) is 3. The van der Waals surface area contributed by atoms with Crippen LogP contribution in [-0.2, 0) is 14.2 Å². The van der Waals surface area contributed by atoms with Crippen molar-refractivity contribution in [1.82, 2.24) is 0 Å². The Morgan fingerprint density at radius 3 is 1.03 bits per heavy atom. The molecule has 0 aromatic rings. The second kappa shape index (κ2) is 9.04. The lowest BCUT2D eigenvalue weighted by atomic mass is 10.2. The monoisotopic (exact) mass is 598 g/mol. The van der Waals surface area contributed by atoms with Gasteiger partial charge in [0.25, 0.3) is 0 Å². The number of alkyl halides is 19. The molecule has 0 aliphatic carbocycles. The zero-order valence-corrected chi connectivity index (χ0v) is 15.0. The molecule has 0 saturated carbocycles. The molecule has 0 fully saturated rings. The zero-order valence-electron chi connectivity index (χ0n) is 15.0. The van der Waals surface area contributed by atoms with Crippen molar-refractivity contribution in [1.29, 1.82) is 0 Å². The molecule has 25 heteroatoms. The smallest absolute Gasteiger partial charge is 0.398 e. The topological polar surface area (TPSA) is 27.7 Å². The predicted molar refractivity (Wildman–Crippen MR) is 59.2 cm³/mol. The Morgan fingerprint density at radius 2 is 0.722 bits per heavy atom. The van der Waals surface area contributed by atoms with E-state index in [-0.39, 0.29) is 0 Å². The van der Waals surface area contributed by atoms with Gasteiger partial charge in [0, 0.05) is 0 Å². The Labute approximate surface area is 179 Å². The summed E-state index contributed by atoms with van der Waals surface area (Å²) in [6.07, 6.45) is -52.2. The van der Waals surface area contributed by atoms with Gasteiger partial charge in [0.05, 0.1) is 0 Å². The van der Waals surface area contributed by atoms with Crippen LogP contribution in [0.5, 0.6) is 0 Å². The fourth-order valence-corrected chi connectivity index (χ4v) is 1.36. The minimum absolute atomic E-state index is 1.01. The largest absolute Gasteiger partial charge is 0.471 e. The molecule has 1 unspecified atom stereocenters. The standard InChI is InChI=1S/C11F22O3/c12-1(13)2(14)34-11(32,33)5(19,7(23,24)25)35-9(28,29)4(17,18)10(30,31)36-8(26,27)3(15,16)6(20,21)22. The lowest BCUT2D eigenvalue weighted by Crippen LogP contribution is -2.67. The third-order valence-electron chi connectivity index (χ3n) is 3.08. The summed E-state index contributed by atoms with van der Waals surface area (Å²) >= 11 is 0. The van der Waals surface area contributed by atoms with E-state index in [1.54, 1.807) is 4.74 Å². The quantitative estimate of drug-likeness (QED) is 0.193. The van der Waals surface area contributed by atoms with E-state index in [0.29, 0.717) is 0 Å². The van der Waals surface area contributed by atoms with Crippen LogP contribution in [0.4, 0.5) is 96.6 Å². The average molecular weight is 598 g/mol. The normalized spacial score (nSPS) is 17.1. The molecule has 0 N–H and O–H groups in total. The van der Waals surface area contributed by atoms with Gasteiger partial charge < -0.3 is 4.74 Å². The van der Waals surface area contributed by atoms with Crippen LogP contribution >= 0.6 is 0 Å². The maximum atomic E-state index is 13.6. The van der Waals surface area contributed by atoms with Gasteiger partial charge in [-0.15, -0.1) is 0 Å². The van der Waals surface area contributed by atoms with E-state index < -0.39 is 66.6 Å². The first-order chi connectivity index (χ1) is 15.2. The van der Waals surface area contributed by atoms with Gasteiger partial charge in [-0.05, 0) is 0 Å². The Balaban J connectivity index is 6.62. The van der Waals surface area contributed by atoms with E-state index in [0.717, 1.165) is 9.47 Å². The molecule has 0 aromatic carbocycles. The zero-order chi connectivity index (χ0) is 29.8. The summed E-state index contributed by atoms with van der Waals surface area (Å²) in [6, 6.07) is -4.24. The van der Waals surface area contributed by atoms with E-state index in [1.165, 1.54) is 0 Å². The lowest BCUT2D eigenvalue weighted by Gasteiger charge is -2.39. The summed E-state index contributed by atoms with van der Waals surface area (Å²) in [5.74, 6) is -24.5. The van der Waals surface area contributed by atoms with Crippen LogP contribution < -0.4 is 0 Å². The number of halogens is 22. The van der Waals surface area contributed by atoms with E-state index >= 15 is 0 Å². The van der Waals surface area contributed by atoms with Crippen molar-refractivity contribution in [3.8, 4) is 0 Å². The van der Waals surface area contributed by atoms with Crippen molar-refractivity contribution in [2.45, 2.75) is 54.5 Å². The van der Waals surface area contributed by atoms with Gasteiger partial charge in [-0.3, -0.25) is 4.74 Å². The van der Waals surface area contributed by atoms with Crippen LogP contribution in [0.3, 0.4) is 0 Å². The van der Waals surface area contributed by atoms with Crippen molar-refractivity contribution in [2.24, 2.45) is 0 Å². The molecule has 0 aliphatic heterocycles. The van der Waals surface area contributed by atoms with Crippen molar-refractivity contribution in [3.63, 3.8) is 0 Å². The summed E-state index contributed by atoms with van der Waals surface area (Å²) in [5, 5.41) is 0. The molecule has 0 spiro atoms. The van der Waals surface area contributed by atoms with E-state index in [2.05, 4.69) is 0 Å². The summed E-state index contributed by atoms with van der Waals surface area (Å²) in [5.41, 5.74) is 0. The first-order valence-corrected chi connectivity index (χ1v) is 7.13.